The van der Waals surface area contributed by atoms with Gasteiger partial charge in [0.15, 0.2) is 22.5 Å². The van der Waals surface area contributed by atoms with Crippen molar-refractivity contribution < 1.29 is 15.0 Å². The highest BCUT2D eigenvalue weighted by Crippen LogP contribution is 2.30. The van der Waals surface area contributed by atoms with Crippen molar-refractivity contribution >= 4 is 29.1 Å². The molecule has 0 bridgehead atoms. The third-order valence-electron chi connectivity index (χ3n) is 7.67. The van der Waals surface area contributed by atoms with Gasteiger partial charge >= 0.3 is 0 Å². The van der Waals surface area contributed by atoms with Gasteiger partial charge < -0.3 is 26.2 Å². The molecule has 5 N–H and O–H groups in total. The summed E-state index contributed by atoms with van der Waals surface area (Å²) in [6, 6.07) is 9.18. The number of nitrogens with one attached hydrogen (secondary N) is 1. The number of nitrogen functional groups attached to an aromatic ring is 1. The number of nitrogens with zero attached hydrogens (tertiary/aromatic N) is 5. The van der Waals surface area contributed by atoms with Gasteiger partial charge in [-0.2, -0.15) is 0 Å². The summed E-state index contributed by atoms with van der Waals surface area (Å²) in [5.74, 6) is 5.92. The molecule has 4 rings (SSSR count). The number of piperidine rings is 1. The van der Waals surface area contributed by atoms with Crippen molar-refractivity contribution in [2.24, 2.45) is 0 Å². The predicted octanol–water partition coefficient (Wildman–Crippen LogP) is 2.12. The van der Waals surface area contributed by atoms with E-state index in [0.717, 1.165) is 64.1 Å². The fourth-order valence-electron chi connectivity index (χ4n) is 5.53. The van der Waals surface area contributed by atoms with Gasteiger partial charge in [-0.1, -0.05) is 42.5 Å². The molecule has 2 saturated heterocycles. The summed E-state index contributed by atoms with van der Waals surface area (Å²) in [6.45, 7) is 10.9. The van der Waals surface area contributed by atoms with E-state index in [1.807, 2.05) is 12.1 Å². The quantitative estimate of drug-likeness (QED) is 0.345. The molecular weight excluding hydrogens is 542 g/mol. The van der Waals surface area contributed by atoms with Crippen LogP contribution in [0.2, 0.25) is 5.15 Å². The maximum absolute atomic E-state index is 12.3. The number of aliphatic hydroxyl groups excluding tert-OH is 1. The predicted molar refractivity (Wildman–Crippen MR) is 162 cm³/mol. The monoisotopic (exact) mass is 583 g/mol. The number of carbonyl (C=O) groups excluding carboxylic acids is 1. The number of hydrogen-bond acceptors (Lipinski definition) is 9. The Labute approximate surface area is 247 Å². The summed E-state index contributed by atoms with van der Waals surface area (Å²) in [7, 11) is 0. The zero-order valence-electron chi connectivity index (χ0n) is 24.2. The molecule has 10 nitrogen and oxygen atoms in total. The van der Waals surface area contributed by atoms with Crippen molar-refractivity contribution in [1.29, 1.82) is 0 Å². The van der Waals surface area contributed by atoms with Crippen molar-refractivity contribution in [2.45, 2.75) is 64.3 Å². The highest BCUT2D eigenvalue weighted by molar-refractivity contribution is 6.32. The van der Waals surface area contributed by atoms with Crippen molar-refractivity contribution in [3.63, 3.8) is 0 Å². The van der Waals surface area contributed by atoms with Gasteiger partial charge in [0.25, 0.3) is 5.91 Å². The van der Waals surface area contributed by atoms with E-state index >= 15 is 0 Å². The second kappa shape index (κ2) is 13.8. The average Bonchev–Trinajstić information content (AvgIpc) is 2.96. The van der Waals surface area contributed by atoms with Gasteiger partial charge in [0.05, 0.1) is 6.61 Å². The number of piperazine rings is 1. The van der Waals surface area contributed by atoms with Gasteiger partial charge in [-0.15, -0.1) is 0 Å². The van der Waals surface area contributed by atoms with Crippen molar-refractivity contribution in [2.75, 3.05) is 56.5 Å². The molecule has 0 spiro atoms. The number of amides is 1. The summed E-state index contributed by atoms with van der Waals surface area (Å²) in [4.78, 5) is 28.2. The minimum atomic E-state index is -0.992. The maximum Gasteiger partial charge on any atom is 0.273 e. The number of nitrogens with two attached hydrogens (primary N) is 1. The lowest BCUT2D eigenvalue weighted by atomic mass is 9.97. The van der Waals surface area contributed by atoms with Crippen molar-refractivity contribution in [3.8, 4) is 11.8 Å². The molecule has 2 fully saturated rings. The Morgan fingerprint density at radius 3 is 2.51 bits per heavy atom. The van der Waals surface area contributed by atoms with E-state index in [9.17, 15) is 9.90 Å². The van der Waals surface area contributed by atoms with Gasteiger partial charge in [0, 0.05) is 50.4 Å². The molecule has 0 unspecified atom stereocenters. The first kappa shape index (κ1) is 31.0. The highest BCUT2D eigenvalue weighted by atomic mass is 35.5. The number of aliphatic hydroxyl groups is 2. The fourth-order valence-corrected chi connectivity index (χ4v) is 5.78. The first-order chi connectivity index (χ1) is 19.6. The smallest absolute Gasteiger partial charge is 0.273 e. The SMILES string of the molecule is CC[C@H]1CN(c2nc(N)c(C(=O)NCCO)nc2Cl)CCN1C1CCN(Cc2ccc(C#CC(C)(C)O)cc2)CC1. The van der Waals surface area contributed by atoms with Crippen molar-refractivity contribution in [3.05, 3.63) is 46.2 Å². The van der Waals surface area contributed by atoms with E-state index in [4.69, 9.17) is 22.4 Å². The average molecular weight is 584 g/mol. The van der Waals surface area contributed by atoms with Crippen LogP contribution < -0.4 is 16.0 Å². The van der Waals surface area contributed by atoms with Crippen LogP contribution in [0.3, 0.4) is 0 Å². The summed E-state index contributed by atoms with van der Waals surface area (Å²) < 4.78 is 0. The van der Waals surface area contributed by atoms with Crippen LogP contribution in [0.15, 0.2) is 24.3 Å². The fraction of sp³-hybridized carbons (Fsp3) is 0.567. The molecule has 1 amide bonds. The Kier molecular flexibility index (Phi) is 10.4. The lowest BCUT2D eigenvalue weighted by Gasteiger charge is -2.47. The summed E-state index contributed by atoms with van der Waals surface area (Å²) in [5.41, 5.74) is 7.23. The van der Waals surface area contributed by atoms with Crippen LogP contribution in [-0.4, -0.2) is 99.4 Å². The molecule has 2 aliphatic heterocycles. The molecule has 0 saturated carbocycles. The molecule has 1 aromatic carbocycles. The Bertz CT molecular complexity index is 1250. The van der Waals surface area contributed by atoms with E-state index in [2.05, 4.69) is 60.9 Å². The number of carbonyl (C=O) groups is 1. The summed E-state index contributed by atoms with van der Waals surface area (Å²) in [5, 5.41) is 21.5. The largest absolute Gasteiger partial charge is 0.395 e. The molecule has 3 heterocycles. The number of hydrogen-bond donors (Lipinski definition) is 4. The zero-order valence-corrected chi connectivity index (χ0v) is 25.0. The molecule has 1 atom stereocenters. The van der Waals surface area contributed by atoms with E-state index < -0.39 is 11.5 Å². The second-order valence-electron chi connectivity index (χ2n) is 11.3. The number of benzene rings is 1. The van der Waals surface area contributed by atoms with E-state index in [0.29, 0.717) is 17.9 Å². The van der Waals surface area contributed by atoms with Gasteiger partial charge in [-0.05, 0) is 63.9 Å². The molecule has 1 aromatic heterocycles. The minimum absolute atomic E-state index is 0.0272. The van der Waals surface area contributed by atoms with Crippen LogP contribution in [0.4, 0.5) is 11.6 Å². The molecule has 0 radical (unpaired) electrons. The standard InChI is InChI=1S/C30H42ClN7O3/c1-4-23-20-37(28-26(31)34-25(27(32)35-28)29(40)33-13-18-39)16-17-38(23)24-10-14-36(15-11-24)19-22-7-5-21(6-8-22)9-12-30(2,3)41/h5-8,23-24,39,41H,4,10-11,13-20H2,1-3H3,(H2,32,35)(H,33,40)/t23-/m0/s1. The molecule has 2 aliphatic rings. The third kappa shape index (κ3) is 8.31. The highest BCUT2D eigenvalue weighted by Gasteiger charge is 2.34. The van der Waals surface area contributed by atoms with Crippen LogP contribution in [0.5, 0.6) is 0 Å². The maximum atomic E-state index is 12.3. The lowest BCUT2D eigenvalue weighted by Crippen LogP contribution is -2.58. The zero-order chi connectivity index (χ0) is 29.6. The van der Waals surface area contributed by atoms with Crippen LogP contribution in [-0.2, 0) is 6.54 Å². The number of halogens is 1. The Morgan fingerprint density at radius 1 is 1.17 bits per heavy atom. The van der Waals surface area contributed by atoms with Crippen LogP contribution in [0.1, 0.15) is 61.6 Å². The Balaban J connectivity index is 1.31. The minimum Gasteiger partial charge on any atom is -0.395 e. The second-order valence-corrected chi connectivity index (χ2v) is 11.7. The summed E-state index contributed by atoms with van der Waals surface area (Å²) >= 11 is 6.48. The van der Waals surface area contributed by atoms with Gasteiger partial charge in [0.2, 0.25) is 0 Å². The topological polar surface area (TPSA) is 131 Å². The number of rotatable bonds is 8. The Morgan fingerprint density at radius 2 is 1.88 bits per heavy atom. The van der Waals surface area contributed by atoms with E-state index in [1.54, 1.807) is 13.8 Å². The molecule has 222 valence electrons. The normalized spacial score (nSPS) is 19.1. The first-order valence-corrected chi connectivity index (χ1v) is 14.7. The van der Waals surface area contributed by atoms with Gasteiger partial charge in [-0.3, -0.25) is 14.6 Å². The number of likely N-dealkylation sites (tertiary alicyclic amines) is 1. The van der Waals surface area contributed by atoms with E-state index in [1.165, 1.54) is 5.56 Å². The molecule has 2 aromatic rings. The van der Waals surface area contributed by atoms with Crippen molar-refractivity contribution in [1.82, 2.24) is 25.1 Å². The van der Waals surface area contributed by atoms with Gasteiger partial charge in [-0.25, -0.2) is 9.97 Å². The number of anilines is 2. The van der Waals surface area contributed by atoms with E-state index in [-0.39, 0.29) is 29.8 Å². The summed E-state index contributed by atoms with van der Waals surface area (Å²) in [6.07, 6.45) is 3.25. The third-order valence-corrected chi connectivity index (χ3v) is 7.93. The number of aromatic nitrogens is 2. The first-order valence-electron chi connectivity index (χ1n) is 14.4. The molecular formula is C30H42ClN7O3. The lowest BCUT2D eigenvalue weighted by molar-refractivity contribution is 0.0610. The van der Waals surface area contributed by atoms with Crippen LogP contribution in [0, 0.1) is 11.8 Å². The van der Waals surface area contributed by atoms with Crippen LogP contribution >= 0.6 is 11.6 Å². The molecule has 0 aliphatic carbocycles. The van der Waals surface area contributed by atoms with Gasteiger partial charge in [0.1, 0.15) is 5.60 Å². The molecule has 41 heavy (non-hydrogen) atoms. The molecule has 11 heteroatoms. The van der Waals surface area contributed by atoms with Crippen LogP contribution in [0.25, 0.3) is 0 Å². The Hall–Kier alpha value is -2.94.